The highest BCUT2D eigenvalue weighted by atomic mass is 16.5. The van der Waals surface area contributed by atoms with Gasteiger partial charge in [0, 0.05) is 32.8 Å². The molecule has 3 nitrogen and oxygen atoms in total. The van der Waals surface area contributed by atoms with Crippen molar-refractivity contribution in [3.05, 3.63) is 11.6 Å². The van der Waals surface area contributed by atoms with Crippen LogP contribution in [0.5, 0.6) is 0 Å². The van der Waals surface area contributed by atoms with Gasteiger partial charge < -0.3 is 10.5 Å². The predicted octanol–water partition coefficient (Wildman–Crippen LogP) is 1.64. The van der Waals surface area contributed by atoms with E-state index in [0.29, 0.717) is 0 Å². The van der Waals surface area contributed by atoms with E-state index in [-0.39, 0.29) is 11.5 Å². The molecule has 0 saturated heterocycles. The van der Waals surface area contributed by atoms with Crippen molar-refractivity contribution in [3.8, 4) is 0 Å². The minimum Gasteiger partial charge on any atom is -0.380 e. The lowest BCUT2D eigenvalue weighted by molar-refractivity contribution is 0.191. The molecule has 0 radical (unpaired) electrons. The Bertz CT molecular complexity index is 243. The van der Waals surface area contributed by atoms with E-state index < -0.39 is 0 Å². The molecule has 3 heteroatoms. The van der Waals surface area contributed by atoms with E-state index in [2.05, 4.69) is 31.7 Å². The van der Waals surface area contributed by atoms with Gasteiger partial charge in [0.1, 0.15) is 0 Å². The molecule has 0 bridgehead atoms. The molecule has 1 aliphatic rings. The second-order valence-electron chi connectivity index (χ2n) is 5.78. The van der Waals surface area contributed by atoms with Crippen LogP contribution in [0.1, 0.15) is 27.2 Å². The fraction of sp³-hybridized carbons (Fsp3) is 0.846. The lowest BCUT2D eigenvalue weighted by atomic mass is 9.87. The first kappa shape index (κ1) is 13.7. The molecule has 94 valence electrons. The van der Waals surface area contributed by atoms with Gasteiger partial charge in [0.25, 0.3) is 0 Å². The standard InChI is InChI=1S/C13H26N2O/c1-13(2,3)12(14)9-15-7-5-11(6-8-15)10-16-4/h5,12H,6-10,14H2,1-4H3. The van der Waals surface area contributed by atoms with Crippen molar-refractivity contribution in [2.75, 3.05) is 33.4 Å². The van der Waals surface area contributed by atoms with Crippen LogP contribution in [-0.4, -0.2) is 44.3 Å². The molecule has 0 aromatic carbocycles. The fourth-order valence-corrected chi connectivity index (χ4v) is 1.79. The number of ether oxygens (including phenoxy) is 1. The Hall–Kier alpha value is -0.380. The van der Waals surface area contributed by atoms with E-state index in [4.69, 9.17) is 10.5 Å². The van der Waals surface area contributed by atoms with Crippen LogP contribution in [0, 0.1) is 5.41 Å². The summed E-state index contributed by atoms with van der Waals surface area (Å²) >= 11 is 0. The number of methoxy groups -OCH3 is 1. The third-order valence-corrected chi connectivity index (χ3v) is 3.28. The maximum absolute atomic E-state index is 6.19. The van der Waals surface area contributed by atoms with E-state index in [9.17, 15) is 0 Å². The molecule has 0 fully saturated rings. The van der Waals surface area contributed by atoms with E-state index in [1.165, 1.54) is 5.57 Å². The molecular weight excluding hydrogens is 200 g/mol. The molecule has 0 aromatic rings. The zero-order valence-electron chi connectivity index (χ0n) is 11.1. The fourth-order valence-electron chi connectivity index (χ4n) is 1.79. The summed E-state index contributed by atoms with van der Waals surface area (Å²) in [5.74, 6) is 0. The van der Waals surface area contributed by atoms with Crippen molar-refractivity contribution in [2.24, 2.45) is 11.1 Å². The van der Waals surface area contributed by atoms with E-state index >= 15 is 0 Å². The molecular formula is C13H26N2O. The average molecular weight is 226 g/mol. The normalized spacial score (nSPS) is 20.7. The molecule has 1 rings (SSSR count). The van der Waals surface area contributed by atoms with Crippen LogP contribution in [0.4, 0.5) is 0 Å². The molecule has 0 aliphatic carbocycles. The SMILES string of the molecule is COCC1=CCN(CC(N)C(C)(C)C)CC1. The third-order valence-electron chi connectivity index (χ3n) is 3.28. The molecule has 0 spiro atoms. The Balaban J connectivity index is 2.37. The number of hydrogen-bond acceptors (Lipinski definition) is 3. The van der Waals surface area contributed by atoms with Crippen molar-refractivity contribution in [1.29, 1.82) is 0 Å². The summed E-state index contributed by atoms with van der Waals surface area (Å²) in [5, 5.41) is 0. The van der Waals surface area contributed by atoms with Crippen LogP contribution in [0.3, 0.4) is 0 Å². The summed E-state index contributed by atoms with van der Waals surface area (Å²) in [6.07, 6.45) is 3.40. The minimum atomic E-state index is 0.191. The highest BCUT2D eigenvalue weighted by molar-refractivity contribution is 5.08. The van der Waals surface area contributed by atoms with E-state index in [1.54, 1.807) is 7.11 Å². The molecule has 2 N–H and O–H groups in total. The van der Waals surface area contributed by atoms with Gasteiger partial charge in [0.2, 0.25) is 0 Å². The van der Waals surface area contributed by atoms with Crippen molar-refractivity contribution in [3.63, 3.8) is 0 Å². The smallest absolute Gasteiger partial charge is 0.0673 e. The van der Waals surface area contributed by atoms with Gasteiger partial charge >= 0.3 is 0 Å². The van der Waals surface area contributed by atoms with Gasteiger partial charge in [-0.2, -0.15) is 0 Å². The Morgan fingerprint density at radius 1 is 1.50 bits per heavy atom. The van der Waals surface area contributed by atoms with Crippen LogP contribution in [-0.2, 0) is 4.74 Å². The third kappa shape index (κ3) is 4.24. The van der Waals surface area contributed by atoms with Gasteiger partial charge in [0.15, 0.2) is 0 Å². The molecule has 0 saturated carbocycles. The lowest BCUT2D eigenvalue weighted by Gasteiger charge is -2.34. The molecule has 16 heavy (non-hydrogen) atoms. The second-order valence-corrected chi connectivity index (χ2v) is 5.78. The summed E-state index contributed by atoms with van der Waals surface area (Å²) in [6.45, 7) is 10.5. The number of rotatable bonds is 4. The van der Waals surface area contributed by atoms with Gasteiger partial charge in [-0.1, -0.05) is 26.8 Å². The summed E-state index contributed by atoms with van der Waals surface area (Å²) in [7, 11) is 1.75. The molecule has 1 atom stereocenters. The molecule has 1 aliphatic heterocycles. The van der Waals surface area contributed by atoms with E-state index in [0.717, 1.165) is 32.7 Å². The lowest BCUT2D eigenvalue weighted by Crippen LogP contribution is -2.46. The van der Waals surface area contributed by atoms with Crippen LogP contribution >= 0.6 is 0 Å². The largest absolute Gasteiger partial charge is 0.380 e. The maximum Gasteiger partial charge on any atom is 0.0673 e. The number of nitrogens with two attached hydrogens (primary N) is 1. The summed E-state index contributed by atoms with van der Waals surface area (Å²) in [4.78, 5) is 2.43. The topological polar surface area (TPSA) is 38.5 Å². The van der Waals surface area contributed by atoms with Crippen LogP contribution in [0.25, 0.3) is 0 Å². The van der Waals surface area contributed by atoms with Crippen molar-refractivity contribution >= 4 is 0 Å². The molecule has 0 amide bonds. The van der Waals surface area contributed by atoms with Crippen molar-refractivity contribution in [1.82, 2.24) is 4.90 Å². The van der Waals surface area contributed by atoms with Gasteiger partial charge in [-0.15, -0.1) is 0 Å². The zero-order chi connectivity index (χ0) is 12.2. The van der Waals surface area contributed by atoms with Crippen LogP contribution in [0.2, 0.25) is 0 Å². The van der Waals surface area contributed by atoms with Crippen molar-refractivity contribution < 1.29 is 4.74 Å². The molecule has 1 heterocycles. The average Bonchev–Trinajstić information content (AvgIpc) is 2.20. The van der Waals surface area contributed by atoms with Crippen LogP contribution < -0.4 is 5.73 Å². The van der Waals surface area contributed by atoms with E-state index in [1.807, 2.05) is 0 Å². The predicted molar refractivity (Wildman–Crippen MR) is 68.4 cm³/mol. The molecule has 1 unspecified atom stereocenters. The van der Waals surface area contributed by atoms with Crippen LogP contribution in [0.15, 0.2) is 11.6 Å². The van der Waals surface area contributed by atoms with Crippen molar-refractivity contribution in [2.45, 2.75) is 33.2 Å². The summed E-state index contributed by atoms with van der Waals surface area (Å²) in [5.41, 5.74) is 7.80. The second kappa shape index (κ2) is 5.80. The quantitative estimate of drug-likeness (QED) is 0.741. The first-order chi connectivity index (χ1) is 7.43. The Kier molecular flexibility index (Phi) is 4.96. The Labute approximate surface area is 99.6 Å². The first-order valence-corrected chi connectivity index (χ1v) is 6.08. The summed E-state index contributed by atoms with van der Waals surface area (Å²) < 4.78 is 5.14. The zero-order valence-corrected chi connectivity index (χ0v) is 11.1. The minimum absolute atomic E-state index is 0.191. The molecule has 0 aromatic heterocycles. The van der Waals surface area contributed by atoms with Gasteiger partial charge in [0.05, 0.1) is 6.61 Å². The Morgan fingerprint density at radius 3 is 2.62 bits per heavy atom. The van der Waals surface area contributed by atoms with Gasteiger partial charge in [-0.3, -0.25) is 4.90 Å². The Morgan fingerprint density at radius 2 is 2.19 bits per heavy atom. The number of nitrogens with zero attached hydrogens (tertiary/aromatic N) is 1. The first-order valence-electron chi connectivity index (χ1n) is 6.08. The van der Waals surface area contributed by atoms with Gasteiger partial charge in [-0.05, 0) is 17.4 Å². The highest BCUT2D eigenvalue weighted by Gasteiger charge is 2.23. The monoisotopic (exact) mass is 226 g/mol. The summed E-state index contributed by atoms with van der Waals surface area (Å²) in [6, 6.07) is 0.241. The maximum atomic E-state index is 6.19. The highest BCUT2D eigenvalue weighted by Crippen LogP contribution is 2.19. The number of hydrogen-bond donors (Lipinski definition) is 1. The van der Waals surface area contributed by atoms with Gasteiger partial charge in [-0.25, -0.2) is 0 Å².